The Morgan fingerprint density at radius 3 is 3.10 bits per heavy atom. The average Bonchev–Trinajstić information content (AvgIpc) is 2.47. The van der Waals surface area contributed by atoms with Gasteiger partial charge in [-0.05, 0) is 19.1 Å². The summed E-state index contributed by atoms with van der Waals surface area (Å²) in [6.45, 7) is 3.15. The number of morpholine rings is 1. The van der Waals surface area contributed by atoms with Gasteiger partial charge < -0.3 is 25.5 Å². The summed E-state index contributed by atoms with van der Waals surface area (Å²) in [6.07, 6.45) is 1.14. The Bertz CT molecular complexity index is 715. The Balaban J connectivity index is 2.03. The van der Waals surface area contributed by atoms with Crippen LogP contribution in [0.15, 0.2) is 23.3 Å². The molecule has 0 saturated carbocycles. The summed E-state index contributed by atoms with van der Waals surface area (Å²) in [5, 5.41) is 9.78. The number of H-pyrrole nitrogens is 1. The summed E-state index contributed by atoms with van der Waals surface area (Å²) in [7, 11) is 0. The van der Waals surface area contributed by atoms with Crippen molar-refractivity contribution < 1.29 is 9.84 Å². The number of ether oxygens (including phenoxy) is 1. The average molecular weight is 290 g/mol. The van der Waals surface area contributed by atoms with Gasteiger partial charge in [-0.2, -0.15) is 0 Å². The van der Waals surface area contributed by atoms with E-state index in [1.165, 1.54) is 6.33 Å². The maximum Gasteiger partial charge on any atom is 0.258 e. The van der Waals surface area contributed by atoms with Crippen molar-refractivity contribution in [1.29, 1.82) is 0 Å². The fourth-order valence-corrected chi connectivity index (χ4v) is 2.74. The third kappa shape index (κ3) is 2.57. The van der Waals surface area contributed by atoms with Crippen molar-refractivity contribution >= 4 is 22.3 Å². The maximum atomic E-state index is 11.8. The molecule has 0 spiro atoms. The first-order valence-corrected chi connectivity index (χ1v) is 6.86. The molecule has 2 heterocycles. The lowest BCUT2D eigenvalue weighted by atomic mass is 10.1. The maximum absolute atomic E-state index is 11.8. The van der Waals surface area contributed by atoms with Gasteiger partial charge in [-0.15, -0.1) is 0 Å². The Hall–Kier alpha value is -2.12. The molecule has 7 nitrogen and oxygen atoms in total. The van der Waals surface area contributed by atoms with Gasteiger partial charge in [0.1, 0.15) is 0 Å². The number of nitrogens with two attached hydrogens (primary N) is 1. The van der Waals surface area contributed by atoms with Crippen molar-refractivity contribution in [2.45, 2.75) is 19.1 Å². The van der Waals surface area contributed by atoms with E-state index in [9.17, 15) is 9.90 Å². The van der Waals surface area contributed by atoms with Crippen LogP contribution in [0.25, 0.3) is 10.9 Å². The standard InChI is InChI=1S/C14H18N4O3/c1-8-4-18(5-9(6-19)21-8)13-3-12-10(2-11(13)15)14(20)17-7-16-12/h2-3,7-9,19H,4-6,15H2,1H3,(H,16,17,20). The number of aliphatic hydroxyl groups excluding tert-OH is 1. The molecule has 1 saturated heterocycles. The summed E-state index contributed by atoms with van der Waals surface area (Å²) in [5.41, 5.74) is 7.82. The van der Waals surface area contributed by atoms with Crippen LogP contribution in [0.1, 0.15) is 6.92 Å². The van der Waals surface area contributed by atoms with Gasteiger partial charge in [0.05, 0.1) is 47.4 Å². The molecule has 2 aromatic rings. The van der Waals surface area contributed by atoms with E-state index < -0.39 is 0 Å². The molecule has 3 rings (SSSR count). The van der Waals surface area contributed by atoms with Crippen molar-refractivity contribution in [3.05, 3.63) is 28.8 Å². The minimum atomic E-state index is -0.240. The molecule has 1 aromatic carbocycles. The number of rotatable bonds is 2. The summed E-state index contributed by atoms with van der Waals surface area (Å²) >= 11 is 0. The second kappa shape index (κ2) is 5.34. The van der Waals surface area contributed by atoms with Crippen LogP contribution in [0.5, 0.6) is 0 Å². The fourth-order valence-electron chi connectivity index (χ4n) is 2.74. The quantitative estimate of drug-likeness (QED) is 0.677. The van der Waals surface area contributed by atoms with Crippen molar-refractivity contribution in [2.75, 3.05) is 30.3 Å². The zero-order chi connectivity index (χ0) is 15.0. The number of nitrogens with one attached hydrogen (secondary N) is 1. The van der Waals surface area contributed by atoms with Gasteiger partial charge in [0.15, 0.2) is 0 Å². The number of nitrogens with zero attached hydrogens (tertiary/aromatic N) is 2. The van der Waals surface area contributed by atoms with E-state index >= 15 is 0 Å². The first-order chi connectivity index (χ1) is 10.1. The molecular weight excluding hydrogens is 272 g/mol. The highest BCUT2D eigenvalue weighted by Crippen LogP contribution is 2.29. The highest BCUT2D eigenvalue weighted by Gasteiger charge is 2.26. The molecule has 4 N–H and O–H groups in total. The highest BCUT2D eigenvalue weighted by atomic mass is 16.5. The number of hydrogen-bond donors (Lipinski definition) is 3. The lowest BCUT2D eigenvalue weighted by molar-refractivity contribution is -0.0420. The smallest absolute Gasteiger partial charge is 0.258 e. The Labute approximate surface area is 121 Å². The predicted octanol–water partition coefficient (Wildman–Crippen LogP) is 0.0913. The first-order valence-electron chi connectivity index (χ1n) is 6.86. The summed E-state index contributed by atoms with van der Waals surface area (Å²) < 4.78 is 5.63. The number of aromatic nitrogens is 2. The van der Waals surface area contributed by atoms with E-state index in [1.54, 1.807) is 6.07 Å². The minimum absolute atomic E-state index is 0.00173. The first kappa shape index (κ1) is 13.8. The molecule has 2 unspecified atom stereocenters. The number of fused-ring (bicyclic) bond motifs is 1. The van der Waals surface area contributed by atoms with Crippen LogP contribution in [-0.2, 0) is 4.74 Å². The third-order valence-electron chi connectivity index (χ3n) is 3.66. The van der Waals surface area contributed by atoms with Crippen LogP contribution in [0.3, 0.4) is 0 Å². The van der Waals surface area contributed by atoms with Gasteiger partial charge >= 0.3 is 0 Å². The monoisotopic (exact) mass is 290 g/mol. The molecular formula is C14H18N4O3. The second-order valence-corrected chi connectivity index (χ2v) is 5.32. The van der Waals surface area contributed by atoms with Crippen molar-refractivity contribution in [3.63, 3.8) is 0 Å². The topological polar surface area (TPSA) is 104 Å². The van der Waals surface area contributed by atoms with E-state index in [4.69, 9.17) is 10.5 Å². The van der Waals surface area contributed by atoms with E-state index in [1.807, 2.05) is 13.0 Å². The second-order valence-electron chi connectivity index (χ2n) is 5.32. The van der Waals surface area contributed by atoms with Crippen LogP contribution < -0.4 is 16.2 Å². The SMILES string of the molecule is CC1CN(c2cc3nc[nH]c(=O)c3cc2N)CC(CO)O1. The number of hydrogen-bond acceptors (Lipinski definition) is 6. The molecule has 7 heteroatoms. The van der Waals surface area contributed by atoms with E-state index in [2.05, 4.69) is 14.9 Å². The number of aliphatic hydroxyl groups is 1. The molecule has 1 aliphatic heterocycles. The molecule has 21 heavy (non-hydrogen) atoms. The molecule has 1 aliphatic rings. The highest BCUT2D eigenvalue weighted by molar-refractivity contribution is 5.88. The zero-order valence-corrected chi connectivity index (χ0v) is 11.7. The Kier molecular flexibility index (Phi) is 3.52. The molecule has 2 atom stereocenters. The molecule has 0 aliphatic carbocycles. The van der Waals surface area contributed by atoms with Crippen LogP contribution >= 0.6 is 0 Å². The number of nitrogen functional groups attached to an aromatic ring is 1. The number of aromatic amines is 1. The zero-order valence-electron chi connectivity index (χ0n) is 11.7. The van der Waals surface area contributed by atoms with Gasteiger partial charge in [0, 0.05) is 13.1 Å². The minimum Gasteiger partial charge on any atom is -0.397 e. The summed E-state index contributed by atoms with van der Waals surface area (Å²) in [5.74, 6) is 0. The molecule has 1 fully saturated rings. The fraction of sp³-hybridized carbons (Fsp3) is 0.429. The normalized spacial score (nSPS) is 22.7. The number of anilines is 2. The summed E-state index contributed by atoms with van der Waals surface area (Å²) in [6, 6.07) is 3.46. The lowest BCUT2D eigenvalue weighted by Gasteiger charge is -2.38. The van der Waals surface area contributed by atoms with E-state index in [-0.39, 0.29) is 24.4 Å². The van der Waals surface area contributed by atoms with Crippen molar-refractivity contribution in [1.82, 2.24) is 9.97 Å². The molecule has 1 aromatic heterocycles. The largest absolute Gasteiger partial charge is 0.397 e. The van der Waals surface area contributed by atoms with Crippen molar-refractivity contribution in [3.8, 4) is 0 Å². The van der Waals surface area contributed by atoms with Crippen LogP contribution in [0.2, 0.25) is 0 Å². The lowest BCUT2D eigenvalue weighted by Crippen LogP contribution is -2.48. The number of benzene rings is 1. The van der Waals surface area contributed by atoms with Gasteiger partial charge in [-0.1, -0.05) is 0 Å². The predicted molar refractivity (Wildman–Crippen MR) is 80.4 cm³/mol. The van der Waals surface area contributed by atoms with Gasteiger partial charge in [0.2, 0.25) is 0 Å². The van der Waals surface area contributed by atoms with E-state index in [0.717, 1.165) is 5.69 Å². The van der Waals surface area contributed by atoms with Crippen LogP contribution in [-0.4, -0.2) is 47.0 Å². The van der Waals surface area contributed by atoms with E-state index in [0.29, 0.717) is 29.7 Å². The summed E-state index contributed by atoms with van der Waals surface area (Å²) in [4.78, 5) is 20.5. The van der Waals surface area contributed by atoms with Crippen molar-refractivity contribution in [2.24, 2.45) is 0 Å². The van der Waals surface area contributed by atoms with Gasteiger partial charge in [0.25, 0.3) is 5.56 Å². The van der Waals surface area contributed by atoms with Crippen LogP contribution in [0.4, 0.5) is 11.4 Å². The molecule has 0 bridgehead atoms. The van der Waals surface area contributed by atoms with Crippen LogP contribution in [0, 0.1) is 0 Å². The third-order valence-corrected chi connectivity index (χ3v) is 3.66. The Morgan fingerprint density at radius 1 is 1.52 bits per heavy atom. The van der Waals surface area contributed by atoms with Gasteiger partial charge in [-0.3, -0.25) is 4.79 Å². The van der Waals surface area contributed by atoms with Gasteiger partial charge in [-0.25, -0.2) is 4.98 Å². The Morgan fingerprint density at radius 2 is 2.33 bits per heavy atom. The molecule has 112 valence electrons. The molecule has 0 radical (unpaired) electrons. The molecule has 0 amide bonds.